The molecule has 102 valence electrons. The molecule has 1 heterocycles. The lowest BCUT2D eigenvalue weighted by Crippen LogP contribution is -1.99. The molecule has 1 aliphatic heterocycles. The number of cyclic esters (lactones) is 1. The Labute approximate surface area is 115 Å². The van der Waals surface area contributed by atoms with Crippen molar-refractivity contribution < 1.29 is 24.1 Å². The van der Waals surface area contributed by atoms with Gasteiger partial charge in [-0.25, -0.2) is 4.79 Å². The van der Waals surface area contributed by atoms with Gasteiger partial charge in [-0.3, -0.25) is 0 Å². The summed E-state index contributed by atoms with van der Waals surface area (Å²) in [5, 5.41) is 9.78. The molecule has 20 heavy (non-hydrogen) atoms. The third-order valence-electron chi connectivity index (χ3n) is 3.02. The highest BCUT2D eigenvalue weighted by Crippen LogP contribution is 2.43. The number of hydrogen-bond acceptors (Lipinski definition) is 5. The molecule has 1 aliphatic rings. The van der Waals surface area contributed by atoms with Crippen molar-refractivity contribution in [2.24, 2.45) is 0 Å². The van der Waals surface area contributed by atoms with Crippen molar-refractivity contribution in [2.45, 2.75) is 6.29 Å². The molecule has 0 spiro atoms. The Morgan fingerprint density at radius 3 is 2.60 bits per heavy atom. The van der Waals surface area contributed by atoms with Gasteiger partial charge in [-0.2, -0.15) is 0 Å². The van der Waals surface area contributed by atoms with E-state index in [2.05, 4.69) is 0 Å². The number of carbonyl (C=O) groups excluding carboxylic acids is 1. The number of aliphatic hydroxyl groups excluding tert-OH is 1. The monoisotopic (exact) mass is 272 g/mol. The molecule has 5 nitrogen and oxygen atoms in total. The molecule has 0 aromatic heterocycles. The normalized spacial score (nSPS) is 16.5. The molecule has 2 aromatic carbocycles. The molecular weight excluding hydrogens is 260 g/mol. The number of carbonyl (C=O) groups is 1. The van der Waals surface area contributed by atoms with Gasteiger partial charge in [-0.05, 0) is 24.3 Å². The summed E-state index contributed by atoms with van der Waals surface area (Å²) in [5.74, 6) is 0.766. The maximum atomic E-state index is 11.5. The number of ether oxygens (including phenoxy) is 3. The first-order valence-corrected chi connectivity index (χ1v) is 6.03. The number of esters is 1. The standard InChI is InChI=1S/C15H12O5/c1-18-13-11(19-9-5-3-2-4-6-9)8-7-10-12(13)15(17)20-14(10)16/h2-8,15,17H,1H3. The van der Waals surface area contributed by atoms with Gasteiger partial charge in [-0.15, -0.1) is 0 Å². The Hall–Kier alpha value is -2.53. The molecular formula is C15H12O5. The second kappa shape index (κ2) is 4.86. The number of methoxy groups -OCH3 is 1. The largest absolute Gasteiger partial charge is 0.492 e. The lowest BCUT2D eigenvalue weighted by atomic mass is 10.1. The average molecular weight is 272 g/mol. The van der Waals surface area contributed by atoms with Gasteiger partial charge in [0.1, 0.15) is 5.75 Å². The zero-order valence-corrected chi connectivity index (χ0v) is 10.7. The fourth-order valence-corrected chi connectivity index (χ4v) is 2.13. The van der Waals surface area contributed by atoms with Crippen LogP contribution in [0.4, 0.5) is 0 Å². The molecule has 0 saturated heterocycles. The van der Waals surface area contributed by atoms with E-state index in [1.54, 1.807) is 24.3 Å². The van der Waals surface area contributed by atoms with Crippen molar-refractivity contribution in [3.63, 3.8) is 0 Å². The van der Waals surface area contributed by atoms with Gasteiger partial charge in [0.05, 0.1) is 18.2 Å². The van der Waals surface area contributed by atoms with Gasteiger partial charge >= 0.3 is 5.97 Å². The smallest absolute Gasteiger partial charge is 0.341 e. The zero-order chi connectivity index (χ0) is 14.1. The first kappa shape index (κ1) is 12.5. The van der Waals surface area contributed by atoms with Crippen LogP contribution in [0.25, 0.3) is 0 Å². The van der Waals surface area contributed by atoms with Gasteiger partial charge in [0.25, 0.3) is 0 Å². The van der Waals surface area contributed by atoms with Crippen LogP contribution >= 0.6 is 0 Å². The van der Waals surface area contributed by atoms with Gasteiger partial charge in [0.15, 0.2) is 11.5 Å². The lowest BCUT2D eigenvalue weighted by molar-refractivity contribution is -0.0556. The van der Waals surface area contributed by atoms with Crippen LogP contribution < -0.4 is 9.47 Å². The maximum absolute atomic E-state index is 11.5. The summed E-state index contributed by atoms with van der Waals surface area (Å²) >= 11 is 0. The van der Waals surface area contributed by atoms with E-state index in [4.69, 9.17) is 14.2 Å². The van der Waals surface area contributed by atoms with Crippen molar-refractivity contribution in [2.75, 3.05) is 7.11 Å². The van der Waals surface area contributed by atoms with Crippen LogP contribution in [0.2, 0.25) is 0 Å². The Kier molecular flexibility index (Phi) is 3.04. The lowest BCUT2D eigenvalue weighted by Gasteiger charge is -2.13. The Morgan fingerprint density at radius 2 is 1.90 bits per heavy atom. The molecule has 3 rings (SSSR count). The van der Waals surface area contributed by atoms with Crippen molar-refractivity contribution in [3.05, 3.63) is 53.6 Å². The second-order valence-corrected chi connectivity index (χ2v) is 4.23. The summed E-state index contributed by atoms with van der Waals surface area (Å²) in [5.41, 5.74) is 0.584. The van der Waals surface area contributed by atoms with E-state index < -0.39 is 12.3 Å². The average Bonchev–Trinajstić information content (AvgIpc) is 2.75. The minimum atomic E-state index is -1.33. The van der Waals surface area contributed by atoms with E-state index >= 15 is 0 Å². The fourth-order valence-electron chi connectivity index (χ4n) is 2.13. The zero-order valence-electron chi connectivity index (χ0n) is 10.7. The highest BCUT2D eigenvalue weighted by molar-refractivity contribution is 5.95. The van der Waals surface area contributed by atoms with Crippen LogP contribution in [0, 0.1) is 0 Å². The Balaban J connectivity index is 2.05. The molecule has 0 saturated carbocycles. The molecule has 0 aliphatic carbocycles. The molecule has 2 aromatic rings. The second-order valence-electron chi connectivity index (χ2n) is 4.23. The highest BCUT2D eigenvalue weighted by atomic mass is 16.6. The number of aliphatic hydroxyl groups is 1. The Morgan fingerprint density at radius 1 is 1.15 bits per heavy atom. The first-order valence-electron chi connectivity index (χ1n) is 6.03. The SMILES string of the molecule is COc1c(Oc2ccccc2)ccc2c1C(O)OC2=O. The topological polar surface area (TPSA) is 65.0 Å². The van der Waals surface area contributed by atoms with Crippen LogP contribution in [0.3, 0.4) is 0 Å². The van der Waals surface area contributed by atoms with Gasteiger partial charge < -0.3 is 19.3 Å². The van der Waals surface area contributed by atoms with Gasteiger partial charge in [0, 0.05) is 0 Å². The molecule has 0 amide bonds. The van der Waals surface area contributed by atoms with Crippen LogP contribution in [-0.2, 0) is 4.74 Å². The predicted octanol–water partition coefficient (Wildman–Crippen LogP) is 2.65. The minimum absolute atomic E-state index is 0.287. The summed E-state index contributed by atoms with van der Waals surface area (Å²) in [6, 6.07) is 12.3. The van der Waals surface area contributed by atoms with E-state index in [9.17, 15) is 9.90 Å². The summed E-state index contributed by atoms with van der Waals surface area (Å²) in [6.07, 6.45) is -1.33. The summed E-state index contributed by atoms with van der Waals surface area (Å²) in [6.45, 7) is 0. The Bertz CT molecular complexity index is 651. The van der Waals surface area contributed by atoms with Gasteiger partial charge in [-0.1, -0.05) is 18.2 Å². The number of rotatable bonds is 3. The van der Waals surface area contributed by atoms with Crippen LogP contribution in [0.5, 0.6) is 17.2 Å². The number of fused-ring (bicyclic) bond motifs is 1. The van der Waals surface area contributed by atoms with E-state index in [0.29, 0.717) is 22.8 Å². The molecule has 1 atom stereocenters. The third-order valence-corrected chi connectivity index (χ3v) is 3.02. The summed E-state index contributed by atoms with van der Waals surface area (Å²) < 4.78 is 15.7. The molecule has 0 bridgehead atoms. The molecule has 1 N–H and O–H groups in total. The number of para-hydroxylation sites is 1. The molecule has 0 radical (unpaired) electrons. The molecule has 5 heteroatoms. The summed E-state index contributed by atoms with van der Waals surface area (Å²) in [4.78, 5) is 11.5. The molecule has 0 fully saturated rings. The van der Waals surface area contributed by atoms with Gasteiger partial charge in [0.2, 0.25) is 6.29 Å². The minimum Gasteiger partial charge on any atom is -0.492 e. The third kappa shape index (κ3) is 1.98. The van der Waals surface area contributed by atoms with Crippen molar-refractivity contribution >= 4 is 5.97 Å². The number of hydrogen-bond donors (Lipinski definition) is 1. The quantitative estimate of drug-likeness (QED) is 0.870. The van der Waals surface area contributed by atoms with Crippen molar-refractivity contribution in [3.8, 4) is 17.2 Å². The molecule has 1 unspecified atom stereocenters. The van der Waals surface area contributed by atoms with Crippen LogP contribution in [-0.4, -0.2) is 18.2 Å². The summed E-state index contributed by atoms with van der Waals surface area (Å²) in [7, 11) is 1.45. The van der Waals surface area contributed by atoms with Crippen LogP contribution in [0.15, 0.2) is 42.5 Å². The van der Waals surface area contributed by atoms with Crippen molar-refractivity contribution in [1.82, 2.24) is 0 Å². The van der Waals surface area contributed by atoms with Crippen LogP contribution in [0.1, 0.15) is 22.2 Å². The predicted molar refractivity (Wildman–Crippen MR) is 69.9 cm³/mol. The maximum Gasteiger partial charge on any atom is 0.341 e. The van der Waals surface area contributed by atoms with Crippen molar-refractivity contribution in [1.29, 1.82) is 0 Å². The van der Waals surface area contributed by atoms with E-state index in [1.807, 2.05) is 18.2 Å². The number of benzene rings is 2. The highest BCUT2D eigenvalue weighted by Gasteiger charge is 2.34. The van der Waals surface area contributed by atoms with E-state index in [0.717, 1.165) is 0 Å². The van der Waals surface area contributed by atoms with E-state index in [-0.39, 0.29) is 5.56 Å². The first-order chi connectivity index (χ1) is 9.70. The van der Waals surface area contributed by atoms with E-state index in [1.165, 1.54) is 7.11 Å². The fraction of sp³-hybridized carbons (Fsp3) is 0.133.